The van der Waals surface area contributed by atoms with Gasteiger partial charge in [0.25, 0.3) is 0 Å². The Bertz CT molecular complexity index is 1650. The highest BCUT2D eigenvalue weighted by Gasteiger charge is 2.33. The van der Waals surface area contributed by atoms with E-state index in [4.69, 9.17) is 19.3 Å². The molecule has 0 radical (unpaired) electrons. The SMILES string of the molecule is Cc1cc(OC2CCS(=O)(=O)N(C)C2)cc(C)c1-c1ccc(F)c2c1CC[C@H]2Oc1ccc2c(c1)OC[C@H]2CC(=O)O. The number of fused-ring (bicyclic) bond motifs is 2. The molecule has 0 spiro atoms. The lowest BCUT2D eigenvalue weighted by Crippen LogP contribution is -2.44. The first-order chi connectivity index (χ1) is 20.0. The standard InChI is InChI=1S/C32H34FNO7S/c1-18-12-23(40-22-10-11-42(37,38)34(3)16-22)13-19(2)31(18)25-6-8-27(33)32-26(25)7-9-28(32)41-21-4-5-24-20(14-30(35)36)17-39-29(24)15-21/h4-6,8,12-13,15,20,22,28H,7,9-11,14,16-17H2,1-3H3,(H,35,36)/t20-,22?,28-/m1/s1. The van der Waals surface area contributed by atoms with Crippen LogP contribution < -0.4 is 14.2 Å². The van der Waals surface area contributed by atoms with Gasteiger partial charge in [0.1, 0.15) is 35.3 Å². The van der Waals surface area contributed by atoms with Crippen LogP contribution in [0.4, 0.5) is 4.39 Å². The summed E-state index contributed by atoms with van der Waals surface area (Å²) >= 11 is 0. The van der Waals surface area contributed by atoms with Crippen LogP contribution in [-0.4, -0.2) is 55.9 Å². The van der Waals surface area contributed by atoms with E-state index in [9.17, 15) is 13.2 Å². The van der Waals surface area contributed by atoms with Crippen molar-refractivity contribution >= 4 is 16.0 Å². The monoisotopic (exact) mass is 595 g/mol. The van der Waals surface area contributed by atoms with Gasteiger partial charge in [0.2, 0.25) is 10.0 Å². The summed E-state index contributed by atoms with van der Waals surface area (Å²) in [4.78, 5) is 11.2. The summed E-state index contributed by atoms with van der Waals surface area (Å²) in [5.74, 6) is 0.565. The molecule has 8 nitrogen and oxygen atoms in total. The predicted molar refractivity (Wildman–Crippen MR) is 155 cm³/mol. The second-order valence-corrected chi connectivity index (χ2v) is 13.7. The molecule has 0 aromatic heterocycles. The number of carboxylic acid groups (broad SMARTS) is 1. The minimum atomic E-state index is -3.20. The molecule has 1 unspecified atom stereocenters. The van der Waals surface area contributed by atoms with E-state index < -0.39 is 22.1 Å². The van der Waals surface area contributed by atoms with Crippen molar-refractivity contribution in [2.75, 3.05) is 26.0 Å². The third kappa shape index (κ3) is 5.33. The zero-order chi connectivity index (χ0) is 29.8. The molecule has 6 rings (SSSR count). The van der Waals surface area contributed by atoms with Crippen LogP contribution in [0.2, 0.25) is 0 Å². The Labute approximate surface area is 245 Å². The van der Waals surface area contributed by atoms with Gasteiger partial charge in [0.05, 0.1) is 25.3 Å². The van der Waals surface area contributed by atoms with Crippen molar-refractivity contribution in [1.82, 2.24) is 4.31 Å². The van der Waals surface area contributed by atoms with Crippen LogP contribution in [-0.2, 0) is 21.2 Å². The summed E-state index contributed by atoms with van der Waals surface area (Å²) in [7, 11) is -1.63. The minimum Gasteiger partial charge on any atom is -0.492 e. The number of halogens is 1. The number of nitrogens with zero attached hydrogens (tertiary/aromatic N) is 1. The highest BCUT2D eigenvalue weighted by molar-refractivity contribution is 7.89. The Morgan fingerprint density at radius 3 is 2.55 bits per heavy atom. The summed E-state index contributed by atoms with van der Waals surface area (Å²) < 4.78 is 59.0. The largest absolute Gasteiger partial charge is 0.492 e. The molecule has 3 aliphatic rings. The maximum absolute atomic E-state index is 15.3. The molecule has 3 atom stereocenters. The third-order valence-corrected chi connectivity index (χ3v) is 10.4. The molecule has 1 fully saturated rings. The van der Waals surface area contributed by atoms with Crippen molar-refractivity contribution in [3.8, 4) is 28.4 Å². The number of carboxylic acids is 1. The summed E-state index contributed by atoms with van der Waals surface area (Å²) in [6.45, 7) is 4.65. The first-order valence-electron chi connectivity index (χ1n) is 14.2. The first kappa shape index (κ1) is 28.5. The highest BCUT2D eigenvalue weighted by Crippen LogP contribution is 2.45. The molecule has 0 amide bonds. The quantitative estimate of drug-likeness (QED) is 0.383. The van der Waals surface area contributed by atoms with Gasteiger partial charge in [0.15, 0.2) is 0 Å². The number of likely N-dealkylation sites (N-methyl/N-ethyl adjacent to an activating group) is 1. The zero-order valence-corrected chi connectivity index (χ0v) is 24.7. The average molecular weight is 596 g/mol. The van der Waals surface area contributed by atoms with Crippen molar-refractivity contribution in [3.63, 3.8) is 0 Å². The average Bonchev–Trinajstić information content (AvgIpc) is 3.52. The number of ether oxygens (including phenoxy) is 3. The number of aliphatic carboxylic acids is 1. The van der Waals surface area contributed by atoms with E-state index in [1.165, 1.54) is 10.4 Å². The lowest BCUT2D eigenvalue weighted by Gasteiger charge is -2.30. The maximum Gasteiger partial charge on any atom is 0.304 e. The molecule has 10 heteroatoms. The van der Waals surface area contributed by atoms with Crippen molar-refractivity contribution in [1.29, 1.82) is 0 Å². The number of rotatable bonds is 7. The van der Waals surface area contributed by atoms with E-state index in [0.717, 1.165) is 33.4 Å². The Balaban J connectivity index is 1.24. The van der Waals surface area contributed by atoms with Crippen molar-refractivity contribution < 1.29 is 36.9 Å². The number of aryl methyl sites for hydroxylation is 2. The molecular formula is C32H34FNO7S. The molecular weight excluding hydrogens is 561 g/mol. The van der Waals surface area contributed by atoms with Gasteiger partial charge in [-0.2, -0.15) is 0 Å². The Kier molecular flexibility index (Phi) is 7.39. The van der Waals surface area contributed by atoms with Crippen molar-refractivity contribution in [3.05, 3.63) is 76.1 Å². The fourth-order valence-corrected chi connectivity index (χ4v) is 7.80. The van der Waals surface area contributed by atoms with Crippen molar-refractivity contribution in [2.24, 2.45) is 0 Å². The fraction of sp³-hybridized carbons (Fsp3) is 0.406. The number of carbonyl (C=O) groups is 1. The summed E-state index contributed by atoms with van der Waals surface area (Å²) in [5, 5.41) is 9.16. The molecule has 1 N–H and O–H groups in total. The molecule has 2 heterocycles. The molecule has 222 valence electrons. The van der Waals surface area contributed by atoms with E-state index in [1.807, 2.05) is 38.1 Å². The Morgan fingerprint density at radius 2 is 1.83 bits per heavy atom. The van der Waals surface area contributed by atoms with Crippen LogP contribution >= 0.6 is 0 Å². The molecule has 1 aliphatic carbocycles. The van der Waals surface area contributed by atoms with E-state index >= 15 is 4.39 Å². The summed E-state index contributed by atoms with van der Waals surface area (Å²) in [6, 6.07) is 12.7. The third-order valence-electron chi connectivity index (χ3n) is 8.56. The molecule has 42 heavy (non-hydrogen) atoms. The van der Waals surface area contributed by atoms with E-state index in [-0.39, 0.29) is 30.0 Å². The zero-order valence-electron chi connectivity index (χ0n) is 23.9. The van der Waals surface area contributed by atoms with Gasteiger partial charge in [-0.25, -0.2) is 17.1 Å². The first-order valence-corrected chi connectivity index (χ1v) is 15.8. The second-order valence-electron chi connectivity index (χ2n) is 11.5. The molecule has 0 bridgehead atoms. The van der Waals surface area contributed by atoms with Gasteiger partial charge in [-0.3, -0.25) is 4.79 Å². The van der Waals surface area contributed by atoms with Gasteiger partial charge >= 0.3 is 5.97 Å². The normalized spacial score (nSPS) is 22.7. The van der Waals surface area contributed by atoms with Gasteiger partial charge in [-0.05, 0) is 78.8 Å². The van der Waals surface area contributed by atoms with Crippen LogP contribution in [0.25, 0.3) is 11.1 Å². The highest BCUT2D eigenvalue weighted by atomic mass is 32.2. The molecule has 3 aromatic rings. The Morgan fingerprint density at radius 1 is 1.07 bits per heavy atom. The van der Waals surface area contributed by atoms with Gasteiger partial charge in [-0.15, -0.1) is 0 Å². The van der Waals surface area contributed by atoms with Crippen LogP contribution in [0.3, 0.4) is 0 Å². The van der Waals surface area contributed by atoms with Crippen LogP contribution in [0, 0.1) is 19.7 Å². The van der Waals surface area contributed by atoms with Crippen LogP contribution in [0.15, 0.2) is 42.5 Å². The predicted octanol–water partition coefficient (Wildman–Crippen LogP) is 5.54. The lowest BCUT2D eigenvalue weighted by atomic mass is 9.90. The van der Waals surface area contributed by atoms with E-state index in [0.29, 0.717) is 55.2 Å². The summed E-state index contributed by atoms with van der Waals surface area (Å²) in [5.41, 5.74) is 6.32. The maximum atomic E-state index is 15.3. The number of hydrogen-bond donors (Lipinski definition) is 1. The molecule has 2 aliphatic heterocycles. The van der Waals surface area contributed by atoms with Crippen LogP contribution in [0.5, 0.6) is 17.2 Å². The number of hydrogen-bond acceptors (Lipinski definition) is 6. The topological polar surface area (TPSA) is 102 Å². The van der Waals surface area contributed by atoms with Crippen molar-refractivity contribution in [2.45, 2.75) is 57.7 Å². The Hall–Kier alpha value is -3.63. The lowest BCUT2D eigenvalue weighted by molar-refractivity contribution is -0.137. The fourth-order valence-electron chi connectivity index (χ4n) is 6.53. The number of benzene rings is 3. The molecule has 3 aromatic carbocycles. The van der Waals surface area contributed by atoms with E-state index in [2.05, 4.69) is 0 Å². The van der Waals surface area contributed by atoms with Crippen LogP contribution in [0.1, 0.15) is 59.1 Å². The second kappa shape index (κ2) is 10.9. The minimum absolute atomic E-state index is 0.00534. The van der Waals surface area contributed by atoms with Gasteiger partial charge in [0, 0.05) is 36.6 Å². The smallest absolute Gasteiger partial charge is 0.304 e. The molecule has 0 saturated carbocycles. The summed E-state index contributed by atoms with van der Waals surface area (Å²) in [6.07, 6.45) is 1.06. The van der Waals surface area contributed by atoms with Gasteiger partial charge in [-0.1, -0.05) is 12.1 Å². The van der Waals surface area contributed by atoms with Gasteiger partial charge < -0.3 is 19.3 Å². The molecule has 1 saturated heterocycles. The van der Waals surface area contributed by atoms with E-state index in [1.54, 1.807) is 19.2 Å². The number of sulfonamides is 1.